The fraction of sp³-hybridized carbons (Fsp3) is 0.167. The van der Waals surface area contributed by atoms with E-state index in [9.17, 15) is 9.59 Å². The number of anilines is 1. The molecule has 2 aromatic heterocycles. The van der Waals surface area contributed by atoms with Crippen molar-refractivity contribution in [1.82, 2.24) is 19.7 Å². The van der Waals surface area contributed by atoms with Crippen molar-refractivity contribution in [1.29, 1.82) is 0 Å². The summed E-state index contributed by atoms with van der Waals surface area (Å²) in [6.45, 7) is 3.41. The van der Waals surface area contributed by atoms with Crippen LogP contribution in [0.1, 0.15) is 18.7 Å². The van der Waals surface area contributed by atoms with Crippen LogP contribution in [0.15, 0.2) is 59.5 Å². The summed E-state index contributed by atoms with van der Waals surface area (Å²) in [6.07, 6.45) is 1.56. The van der Waals surface area contributed by atoms with E-state index in [1.54, 1.807) is 32.2 Å². The number of nitrogens with one attached hydrogen (secondary N) is 1. The summed E-state index contributed by atoms with van der Waals surface area (Å²) in [4.78, 5) is 32.7. The lowest BCUT2D eigenvalue weighted by molar-refractivity contribution is -0.119. The highest BCUT2D eigenvalue weighted by Crippen LogP contribution is 2.15. The first-order chi connectivity index (χ1) is 12.0. The number of hydrogen-bond acceptors (Lipinski definition) is 5. The Hall–Kier alpha value is -3.35. The molecule has 0 saturated carbocycles. The molecule has 0 bridgehead atoms. The van der Waals surface area contributed by atoms with Gasteiger partial charge in [0.2, 0.25) is 5.95 Å². The Balaban J connectivity index is 1.87. The van der Waals surface area contributed by atoms with Crippen LogP contribution in [0.3, 0.4) is 0 Å². The molecule has 0 fully saturated rings. The lowest BCUT2D eigenvalue weighted by Gasteiger charge is -2.14. The van der Waals surface area contributed by atoms with Crippen molar-refractivity contribution in [3.63, 3.8) is 0 Å². The third-order valence-corrected chi connectivity index (χ3v) is 3.67. The van der Waals surface area contributed by atoms with Gasteiger partial charge >= 0.3 is 0 Å². The number of nitrogens with zero attached hydrogens (tertiary/aromatic N) is 4. The molecule has 0 aliphatic rings. The van der Waals surface area contributed by atoms with E-state index in [1.807, 2.05) is 30.3 Å². The third kappa shape index (κ3) is 3.77. The van der Waals surface area contributed by atoms with Crippen LogP contribution in [-0.2, 0) is 4.79 Å². The topological polar surface area (TPSA) is 89.8 Å². The van der Waals surface area contributed by atoms with E-state index in [0.717, 1.165) is 15.9 Å². The summed E-state index contributed by atoms with van der Waals surface area (Å²) < 4.78 is 1.16. The van der Waals surface area contributed by atoms with Crippen LogP contribution in [0.5, 0.6) is 0 Å². The number of hydrogen-bond donors (Lipinski definition) is 1. The summed E-state index contributed by atoms with van der Waals surface area (Å²) in [5.41, 5.74) is 1.87. The van der Waals surface area contributed by atoms with Crippen LogP contribution in [0.2, 0.25) is 0 Å². The van der Waals surface area contributed by atoms with E-state index in [2.05, 4.69) is 20.4 Å². The van der Waals surface area contributed by atoms with Crippen molar-refractivity contribution in [2.24, 2.45) is 0 Å². The average Bonchev–Trinajstić information content (AvgIpc) is 2.62. The predicted molar refractivity (Wildman–Crippen MR) is 94.0 cm³/mol. The summed E-state index contributed by atoms with van der Waals surface area (Å²) in [5, 5.41) is 6.93. The molecule has 0 unspecified atom stereocenters. The first-order valence-corrected chi connectivity index (χ1v) is 7.80. The van der Waals surface area contributed by atoms with Gasteiger partial charge in [-0.05, 0) is 26.0 Å². The molecule has 7 nitrogen and oxygen atoms in total. The van der Waals surface area contributed by atoms with Crippen LogP contribution < -0.4 is 10.9 Å². The van der Waals surface area contributed by atoms with E-state index in [-0.39, 0.29) is 11.5 Å². The minimum absolute atomic E-state index is 0.198. The number of aromatic nitrogens is 4. The molecule has 25 heavy (non-hydrogen) atoms. The van der Waals surface area contributed by atoms with Gasteiger partial charge in [-0.15, -0.1) is 0 Å². The summed E-state index contributed by atoms with van der Waals surface area (Å²) in [7, 11) is 0. The van der Waals surface area contributed by atoms with Gasteiger partial charge in [0.25, 0.3) is 11.5 Å². The van der Waals surface area contributed by atoms with Gasteiger partial charge in [-0.2, -0.15) is 5.10 Å². The Labute approximate surface area is 144 Å². The van der Waals surface area contributed by atoms with E-state index in [4.69, 9.17) is 0 Å². The highest BCUT2D eigenvalue weighted by molar-refractivity contribution is 5.91. The van der Waals surface area contributed by atoms with E-state index >= 15 is 0 Å². The normalized spacial score (nSPS) is 11.8. The maximum absolute atomic E-state index is 12.4. The lowest BCUT2D eigenvalue weighted by atomic mass is 10.1. The standard InChI is InChI=1S/C18H17N5O2/c1-12-10-11-19-18(20-12)21-17(25)13(2)23-16(24)9-8-15(22-23)14-6-4-3-5-7-14/h3-11,13H,1-2H3,(H,19,20,21,25)/t13-/m1/s1. The Morgan fingerprint density at radius 1 is 1.12 bits per heavy atom. The number of rotatable bonds is 4. The zero-order valence-electron chi connectivity index (χ0n) is 13.9. The lowest BCUT2D eigenvalue weighted by Crippen LogP contribution is -2.33. The van der Waals surface area contributed by atoms with Crippen molar-refractivity contribution in [2.45, 2.75) is 19.9 Å². The molecule has 1 amide bonds. The fourth-order valence-electron chi connectivity index (χ4n) is 2.30. The molecule has 126 valence electrons. The number of carbonyl (C=O) groups excluding carboxylic acids is 1. The van der Waals surface area contributed by atoms with E-state index in [0.29, 0.717) is 5.69 Å². The Kier molecular flexibility index (Phi) is 4.65. The quantitative estimate of drug-likeness (QED) is 0.789. The molecular weight excluding hydrogens is 318 g/mol. The Morgan fingerprint density at radius 2 is 1.88 bits per heavy atom. The maximum atomic E-state index is 12.4. The SMILES string of the molecule is Cc1ccnc(NC(=O)[C@@H](C)n2nc(-c3ccccc3)ccc2=O)n1. The van der Waals surface area contributed by atoms with Gasteiger partial charge in [-0.25, -0.2) is 14.6 Å². The number of amides is 1. The van der Waals surface area contributed by atoms with Gasteiger partial charge in [0.1, 0.15) is 6.04 Å². The molecule has 0 spiro atoms. The van der Waals surface area contributed by atoms with Gasteiger partial charge in [-0.1, -0.05) is 30.3 Å². The van der Waals surface area contributed by atoms with Gasteiger partial charge in [0.15, 0.2) is 0 Å². The second kappa shape index (κ2) is 7.04. The monoisotopic (exact) mass is 335 g/mol. The highest BCUT2D eigenvalue weighted by Gasteiger charge is 2.19. The number of carbonyl (C=O) groups is 1. The second-order valence-corrected chi connectivity index (χ2v) is 5.55. The van der Waals surface area contributed by atoms with E-state index < -0.39 is 11.9 Å². The molecule has 1 N–H and O–H groups in total. The second-order valence-electron chi connectivity index (χ2n) is 5.55. The minimum atomic E-state index is -0.805. The zero-order chi connectivity index (χ0) is 17.8. The van der Waals surface area contributed by atoms with Gasteiger partial charge < -0.3 is 0 Å². The van der Waals surface area contributed by atoms with Crippen molar-refractivity contribution < 1.29 is 4.79 Å². The van der Waals surface area contributed by atoms with Crippen molar-refractivity contribution >= 4 is 11.9 Å². The fourth-order valence-corrected chi connectivity index (χ4v) is 2.30. The van der Waals surface area contributed by atoms with E-state index in [1.165, 1.54) is 6.07 Å². The molecule has 1 aromatic carbocycles. The number of aryl methyl sites for hydroxylation is 1. The first kappa shape index (κ1) is 16.5. The molecule has 3 aromatic rings. The smallest absolute Gasteiger partial charge is 0.267 e. The number of benzene rings is 1. The molecule has 0 aliphatic heterocycles. The molecule has 1 atom stereocenters. The molecule has 0 aliphatic carbocycles. The summed E-state index contributed by atoms with van der Waals surface area (Å²) >= 11 is 0. The molecule has 3 rings (SSSR count). The summed E-state index contributed by atoms with van der Waals surface area (Å²) in [6, 6.07) is 13.4. The highest BCUT2D eigenvalue weighted by atomic mass is 16.2. The van der Waals surface area contributed by atoms with Crippen molar-refractivity contribution in [3.8, 4) is 11.3 Å². The van der Waals surface area contributed by atoms with Crippen molar-refractivity contribution in [2.75, 3.05) is 5.32 Å². The van der Waals surface area contributed by atoms with Crippen LogP contribution in [0.4, 0.5) is 5.95 Å². The van der Waals surface area contributed by atoms with Crippen molar-refractivity contribution in [3.05, 3.63) is 70.8 Å². The predicted octanol–water partition coefficient (Wildman–Crippen LogP) is 2.21. The third-order valence-electron chi connectivity index (χ3n) is 3.67. The largest absolute Gasteiger partial charge is 0.293 e. The van der Waals surface area contributed by atoms with Gasteiger partial charge in [0.05, 0.1) is 5.69 Å². The molecule has 2 heterocycles. The molecular formula is C18H17N5O2. The Bertz CT molecular complexity index is 953. The summed E-state index contributed by atoms with van der Waals surface area (Å²) in [5.74, 6) is -0.213. The van der Waals surface area contributed by atoms with Crippen LogP contribution in [0, 0.1) is 6.92 Å². The Morgan fingerprint density at radius 3 is 2.60 bits per heavy atom. The van der Waals surface area contributed by atoms with Crippen LogP contribution in [-0.4, -0.2) is 25.7 Å². The van der Waals surface area contributed by atoms with Gasteiger partial charge in [-0.3, -0.25) is 14.9 Å². The zero-order valence-corrected chi connectivity index (χ0v) is 13.9. The molecule has 0 radical (unpaired) electrons. The first-order valence-electron chi connectivity index (χ1n) is 7.80. The van der Waals surface area contributed by atoms with Crippen LogP contribution in [0.25, 0.3) is 11.3 Å². The molecule has 7 heteroatoms. The minimum Gasteiger partial charge on any atom is -0.293 e. The molecule has 0 saturated heterocycles. The van der Waals surface area contributed by atoms with Crippen LogP contribution >= 0.6 is 0 Å². The average molecular weight is 335 g/mol. The maximum Gasteiger partial charge on any atom is 0.267 e. The van der Waals surface area contributed by atoms with Gasteiger partial charge in [0, 0.05) is 23.5 Å².